The molecule has 0 bridgehead atoms. The Morgan fingerprint density at radius 1 is 1.57 bits per heavy atom. The number of hydrogen-bond acceptors (Lipinski definition) is 3. The third-order valence-electron chi connectivity index (χ3n) is 2.43. The second-order valence-electron chi connectivity index (χ2n) is 3.85. The quantitative estimate of drug-likeness (QED) is 0.629. The van der Waals surface area contributed by atoms with Gasteiger partial charge in [0.2, 0.25) is 0 Å². The lowest BCUT2D eigenvalue weighted by molar-refractivity contribution is 0.149. The van der Waals surface area contributed by atoms with Gasteiger partial charge in [0.05, 0.1) is 11.1 Å². The Hall–Kier alpha value is -0.190. The van der Waals surface area contributed by atoms with Gasteiger partial charge in [-0.15, -0.1) is 0 Å². The van der Waals surface area contributed by atoms with Gasteiger partial charge in [0.1, 0.15) is 0 Å². The summed E-state index contributed by atoms with van der Waals surface area (Å²) >= 11 is 4.89. The Morgan fingerprint density at radius 2 is 2.14 bits per heavy atom. The van der Waals surface area contributed by atoms with Crippen molar-refractivity contribution in [3.63, 3.8) is 0 Å². The van der Waals surface area contributed by atoms with Gasteiger partial charge in [0.15, 0.2) is 0 Å². The molecule has 0 radical (unpaired) electrons. The van der Waals surface area contributed by atoms with Gasteiger partial charge >= 0.3 is 0 Å². The first kappa shape index (κ1) is 13.8. The minimum atomic E-state index is -0.236. The molecule has 3 N–H and O–H groups in total. The molecule has 4 heteroatoms. The van der Waals surface area contributed by atoms with E-state index in [0.717, 1.165) is 25.8 Å². The smallest absolute Gasteiger partial charge is 0.0743 e. The molecule has 0 amide bonds. The summed E-state index contributed by atoms with van der Waals surface area (Å²) in [5.41, 5.74) is 5.52. The van der Waals surface area contributed by atoms with E-state index in [9.17, 15) is 0 Å². The third-order valence-corrected chi connectivity index (χ3v) is 2.60. The largest absolute Gasteiger partial charge is 0.393 e. The summed E-state index contributed by atoms with van der Waals surface area (Å²) in [6.45, 7) is 4.82. The molecule has 2 unspecified atom stereocenters. The summed E-state index contributed by atoms with van der Waals surface area (Å²) in [5, 5.41) is 9.16. The first-order chi connectivity index (χ1) is 6.47. The first-order valence-corrected chi connectivity index (χ1v) is 5.54. The molecule has 0 fully saturated rings. The molecule has 0 aliphatic carbocycles. The van der Waals surface area contributed by atoms with E-state index in [1.54, 1.807) is 0 Å². The van der Waals surface area contributed by atoms with Crippen molar-refractivity contribution in [3.8, 4) is 0 Å². The number of aliphatic hydroxyl groups excluding tert-OH is 1. The molecular formula is C10H22N2OS. The Balaban J connectivity index is 3.90. The van der Waals surface area contributed by atoms with Crippen molar-refractivity contribution >= 4 is 17.2 Å². The van der Waals surface area contributed by atoms with E-state index in [1.165, 1.54) is 0 Å². The zero-order valence-electron chi connectivity index (χ0n) is 9.36. The van der Waals surface area contributed by atoms with Crippen LogP contribution in [0.1, 0.15) is 33.1 Å². The van der Waals surface area contributed by atoms with Crippen molar-refractivity contribution < 1.29 is 5.11 Å². The minimum Gasteiger partial charge on any atom is -0.393 e. The fraction of sp³-hybridized carbons (Fsp3) is 0.900. The van der Waals surface area contributed by atoms with Gasteiger partial charge in [-0.1, -0.05) is 19.1 Å². The van der Waals surface area contributed by atoms with Crippen LogP contribution in [0.15, 0.2) is 0 Å². The molecule has 0 aromatic heterocycles. The maximum absolute atomic E-state index is 9.16. The monoisotopic (exact) mass is 218 g/mol. The standard InChI is InChI=1S/C10H22N2OS/c1-4-9(7-10(11)14)12(3)6-5-8(2)13/h8-9,13H,4-7H2,1-3H3,(H2,11,14). The predicted molar refractivity (Wildman–Crippen MR) is 64.4 cm³/mol. The van der Waals surface area contributed by atoms with Crippen molar-refractivity contribution in [1.29, 1.82) is 0 Å². The van der Waals surface area contributed by atoms with Crippen LogP contribution in [0.2, 0.25) is 0 Å². The summed E-state index contributed by atoms with van der Waals surface area (Å²) in [5.74, 6) is 0. The Bertz CT molecular complexity index is 174. The highest BCUT2D eigenvalue weighted by Crippen LogP contribution is 2.08. The summed E-state index contributed by atoms with van der Waals surface area (Å²) in [6, 6.07) is 0.409. The number of aliphatic hydroxyl groups is 1. The zero-order chi connectivity index (χ0) is 11.1. The van der Waals surface area contributed by atoms with Crippen molar-refractivity contribution in [3.05, 3.63) is 0 Å². The van der Waals surface area contributed by atoms with Crippen LogP contribution in [0.25, 0.3) is 0 Å². The molecule has 0 aliphatic rings. The lowest BCUT2D eigenvalue weighted by atomic mass is 10.1. The molecule has 2 atom stereocenters. The Labute approximate surface area is 92.3 Å². The average molecular weight is 218 g/mol. The van der Waals surface area contributed by atoms with E-state index in [0.29, 0.717) is 11.0 Å². The molecule has 84 valence electrons. The van der Waals surface area contributed by atoms with Crippen LogP contribution in [0, 0.1) is 0 Å². The van der Waals surface area contributed by atoms with Crippen molar-refractivity contribution in [2.75, 3.05) is 13.6 Å². The van der Waals surface area contributed by atoms with Gasteiger partial charge in [-0.25, -0.2) is 0 Å². The minimum absolute atomic E-state index is 0.236. The van der Waals surface area contributed by atoms with Crippen LogP contribution < -0.4 is 5.73 Å². The van der Waals surface area contributed by atoms with Gasteiger partial charge in [-0.2, -0.15) is 0 Å². The number of nitrogens with two attached hydrogens (primary N) is 1. The predicted octanol–water partition coefficient (Wildman–Crippen LogP) is 1.14. The molecule has 14 heavy (non-hydrogen) atoms. The summed E-state index contributed by atoms with van der Waals surface area (Å²) < 4.78 is 0. The molecule has 0 saturated carbocycles. The molecule has 0 aliphatic heterocycles. The fourth-order valence-corrected chi connectivity index (χ4v) is 1.61. The van der Waals surface area contributed by atoms with E-state index in [4.69, 9.17) is 23.1 Å². The van der Waals surface area contributed by atoms with E-state index in [-0.39, 0.29) is 6.10 Å². The molecule has 3 nitrogen and oxygen atoms in total. The van der Waals surface area contributed by atoms with E-state index >= 15 is 0 Å². The highest BCUT2D eigenvalue weighted by atomic mass is 32.1. The Kier molecular flexibility index (Phi) is 7.05. The molecule has 0 spiro atoms. The van der Waals surface area contributed by atoms with Crippen LogP contribution in [0.5, 0.6) is 0 Å². The maximum atomic E-state index is 9.16. The third kappa shape index (κ3) is 6.29. The number of rotatable bonds is 7. The number of hydrogen-bond donors (Lipinski definition) is 2. The highest BCUT2D eigenvalue weighted by molar-refractivity contribution is 7.80. The highest BCUT2D eigenvalue weighted by Gasteiger charge is 2.13. The van der Waals surface area contributed by atoms with Crippen molar-refractivity contribution in [2.45, 2.75) is 45.3 Å². The second-order valence-corrected chi connectivity index (χ2v) is 4.38. The van der Waals surface area contributed by atoms with Crippen LogP contribution >= 0.6 is 12.2 Å². The number of thiocarbonyl (C=S) groups is 1. The van der Waals surface area contributed by atoms with Crippen molar-refractivity contribution in [1.82, 2.24) is 4.90 Å². The summed E-state index contributed by atoms with van der Waals surface area (Å²) in [7, 11) is 2.05. The number of nitrogens with zero attached hydrogens (tertiary/aromatic N) is 1. The van der Waals surface area contributed by atoms with Gasteiger partial charge in [-0.05, 0) is 26.8 Å². The molecule has 0 heterocycles. The van der Waals surface area contributed by atoms with Crippen LogP contribution in [-0.2, 0) is 0 Å². The topological polar surface area (TPSA) is 49.5 Å². The maximum Gasteiger partial charge on any atom is 0.0743 e. The van der Waals surface area contributed by atoms with Gasteiger partial charge in [0, 0.05) is 19.0 Å². The average Bonchev–Trinajstić information content (AvgIpc) is 2.09. The Morgan fingerprint density at radius 3 is 2.50 bits per heavy atom. The molecule has 0 aromatic carbocycles. The van der Waals surface area contributed by atoms with Crippen LogP contribution in [0.3, 0.4) is 0 Å². The molecular weight excluding hydrogens is 196 g/mol. The first-order valence-electron chi connectivity index (χ1n) is 5.14. The van der Waals surface area contributed by atoms with E-state index < -0.39 is 0 Å². The molecule has 0 saturated heterocycles. The zero-order valence-corrected chi connectivity index (χ0v) is 10.2. The van der Waals surface area contributed by atoms with Crippen LogP contribution in [-0.4, -0.2) is 40.7 Å². The lowest BCUT2D eigenvalue weighted by Gasteiger charge is -2.27. The lowest BCUT2D eigenvalue weighted by Crippen LogP contribution is -2.36. The SMILES string of the molecule is CCC(CC(N)=S)N(C)CCC(C)O. The van der Waals surface area contributed by atoms with Gasteiger partial charge < -0.3 is 15.7 Å². The van der Waals surface area contributed by atoms with Gasteiger partial charge in [-0.3, -0.25) is 0 Å². The summed E-state index contributed by atoms with van der Waals surface area (Å²) in [6.07, 6.45) is 2.36. The van der Waals surface area contributed by atoms with E-state index in [2.05, 4.69) is 18.9 Å². The van der Waals surface area contributed by atoms with Crippen molar-refractivity contribution in [2.24, 2.45) is 5.73 Å². The molecule has 0 aromatic rings. The normalized spacial score (nSPS) is 15.5. The van der Waals surface area contributed by atoms with Gasteiger partial charge in [0.25, 0.3) is 0 Å². The van der Waals surface area contributed by atoms with Crippen LogP contribution in [0.4, 0.5) is 0 Å². The van der Waals surface area contributed by atoms with E-state index in [1.807, 2.05) is 6.92 Å². The molecule has 0 rings (SSSR count). The fourth-order valence-electron chi connectivity index (χ4n) is 1.42. The summed E-state index contributed by atoms with van der Waals surface area (Å²) in [4.78, 5) is 2.78. The second kappa shape index (κ2) is 7.15.